The second-order valence-corrected chi connectivity index (χ2v) is 5.00. The minimum Gasteiger partial charge on any atom is -0.497 e. The predicted octanol–water partition coefficient (Wildman–Crippen LogP) is 1.71. The zero-order valence-electron chi connectivity index (χ0n) is 9.44. The number of amides is 1. The lowest BCUT2D eigenvalue weighted by Crippen LogP contribution is -2.46. The van der Waals surface area contributed by atoms with Crippen molar-refractivity contribution >= 4 is 21.8 Å². The molecule has 1 aromatic rings. The average Bonchev–Trinajstić information content (AvgIpc) is 2.27. The number of hydrogen-bond donors (Lipinski definition) is 2. The number of nitrogens with one attached hydrogen (secondary N) is 1. The van der Waals surface area contributed by atoms with Gasteiger partial charge in [-0.15, -0.1) is 0 Å². The molecule has 0 spiro atoms. The smallest absolute Gasteiger partial charge is 0.252 e. The Morgan fingerprint density at radius 1 is 1.53 bits per heavy atom. The molecule has 4 nitrogen and oxygen atoms in total. The Morgan fingerprint density at radius 2 is 2.24 bits per heavy atom. The Labute approximate surface area is 108 Å². The van der Waals surface area contributed by atoms with Crippen LogP contribution < -0.4 is 10.1 Å². The number of rotatable bonds is 3. The number of methoxy groups -OCH3 is 1. The van der Waals surface area contributed by atoms with Crippen LogP contribution in [-0.2, 0) is 0 Å². The van der Waals surface area contributed by atoms with Crippen LogP contribution in [0.3, 0.4) is 0 Å². The summed E-state index contributed by atoms with van der Waals surface area (Å²) in [5.41, 5.74) is 0.547. The van der Waals surface area contributed by atoms with Crippen molar-refractivity contribution in [3.05, 3.63) is 28.2 Å². The Hall–Kier alpha value is -1.07. The molecule has 0 atom stereocenters. The van der Waals surface area contributed by atoms with Crippen LogP contribution in [-0.4, -0.2) is 30.3 Å². The number of ether oxygens (including phenoxy) is 1. The minimum absolute atomic E-state index is 0.0793. The van der Waals surface area contributed by atoms with E-state index < -0.39 is 0 Å². The van der Waals surface area contributed by atoms with Crippen LogP contribution in [0.5, 0.6) is 5.75 Å². The van der Waals surface area contributed by atoms with E-state index in [0.29, 0.717) is 24.2 Å². The third kappa shape index (κ3) is 2.79. The van der Waals surface area contributed by atoms with Gasteiger partial charge in [-0.25, -0.2) is 0 Å². The topological polar surface area (TPSA) is 58.6 Å². The molecule has 5 heteroatoms. The SMILES string of the molecule is COc1ccc(Br)c(C(=O)NC2CC(O)C2)c1. The summed E-state index contributed by atoms with van der Waals surface area (Å²) in [4.78, 5) is 12.0. The maximum atomic E-state index is 12.0. The minimum atomic E-state index is -0.269. The van der Waals surface area contributed by atoms with Gasteiger partial charge in [0.25, 0.3) is 5.91 Å². The second kappa shape index (κ2) is 5.06. The fourth-order valence-corrected chi connectivity index (χ4v) is 2.20. The van der Waals surface area contributed by atoms with E-state index in [1.165, 1.54) is 0 Å². The van der Waals surface area contributed by atoms with E-state index in [4.69, 9.17) is 9.84 Å². The van der Waals surface area contributed by atoms with Crippen LogP contribution in [0.15, 0.2) is 22.7 Å². The highest BCUT2D eigenvalue weighted by Gasteiger charge is 2.29. The summed E-state index contributed by atoms with van der Waals surface area (Å²) in [5, 5.41) is 12.0. The van der Waals surface area contributed by atoms with E-state index in [0.717, 1.165) is 4.47 Å². The molecule has 0 aliphatic heterocycles. The molecule has 1 fully saturated rings. The zero-order valence-corrected chi connectivity index (χ0v) is 11.0. The molecular formula is C12H14BrNO3. The van der Waals surface area contributed by atoms with Gasteiger partial charge in [-0.05, 0) is 47.0 Å². The van der Waals surface area contributed by atoms with Gasteiger partial charge in [0.2, 0.25) is 0 Å². The monoisotopic (exact) mass is 299 g/mol. The van der Waals surface area contributed by atoms with E-state index in [1.807, 2.05) is 0 Å². The first-order valence-electron chi connectivity index (χ1n) is 5.42. The summed E-state index contributed by atoms with van der Waals surface area (Å²) in [5.74, 6) is 0.500. The summed E-state index contributed by atoms with van der Waals surface area (Å²) in [6, 6.07) is 5.34. The van der Waals surface area contributed by atoms with Crippen LogP contribution >= 0.6 is 15.9 Å². The summed E-state index contributed by atoms with van der Waals surface area (Å²) in [7, 11) is 1.56. The first-order chi connectivity index (χ1) is 8.10. The lowest BCUT2D eigenvalue weighted by atomic mass is 9.89. The summed E-state index contributed by atoms with van der Waals surface area (Å²) in [6.45, 7) is 0. The number of benzene rings is 1. The van der Waals surface area contributed by atoms with Gasteiger partial charge in [-0.3, -0.25) is 4.79 Å². The summed E-state index contributed by atoms with van der Waals surface area (Å²) >= 11 is 3.34. The molecular weight excluding hydrogens is 286 g/mol. The molecule has 0 bridgehead atoms. The average molecular weight is 300 g/mol. The number of hydrogen-bond acceptors (Lipinski definition) is 3. The predicted molar refractivity (Wildman–Crippen MR) is 67.2 cm³/mol. The highest BCUT2D eigenvalue weighted by Crippen LogP contribution is 2.24. The first-order valence-corrected chi connectivity index (χ1v) is 6.22. The van der Waals surface area contributed by atoms with Crippen molar-refractivity contribution in [3.8, 4) is 5.75 Å². The number of carbonyl (C=O) groups excluding carboxylic acids is 1. The quantitative estimate of drug-likeness (QED) is 0.893. The molecule has 1 aromatic carbocycles. The lowest BCUT2D eigenvalue weighted by molar-refractivity contribution is 0.0562. The molecule has 92 valence electrons. The largest absolute Gasteiger partial charge is 0.497 e. The molecule has 0 aromatic heterocycles. The van der Waals surface area contributed by atoms with Gasteiger partial charge in [0.05, 0.1) is 18.8 Å². The van der Waals surface area contributed by atoms with Crippen LogP contribution in [0.1, 0.15) is 23.2 Å². The molecule has 1 aliphatic rings. The Morgan fingerprint density at radius 3 is 2.82 bits per heavy atom. The van der Waals surface area contributed by atoms with Crippen molar-refractivity contribution in [2.45, 2.75) is 25.0 Å². The summed E-state index contributed by atoms with van der Waals surface area (Å²) in [6.07, 6.45) is 0.995. The van der Waals surface area contributed by atoms with Gasteiger partial charge >= 0.3 is 0 Å². The second-order valence-electron chi connectivity index (χ2n) is 4.14. The molecule has 1 aliphatic carbocycles. The Kier molecular flexibility index (Phi) is 3.69. The lowest BCUT2D eigenvalue weighted by Gasteiger charge is -2.32. The molecule has 2 rings (SSSR count). The van der Waals surface area contributed by atoms with E-state index in [9.17, 15) is 4.79 Å². The van der Waals surface area contributed by atoms with Crippen LogP contribution in [0.25, 0.3) is 0 Å². The van der Waals surface area contributed by atoms with E-state index in [-0.39, 0.29) is 18.1 Å². The highest BCUT2D eigenvalue weighted by atomic mass is 79.9. The number of carbonyl (C=O) groups is 1. The normalized spacial score (nSPS) is 22.8. The van der Waals surface area contributed by atoms with Crippen molar-refractivity contribution in [1.29, 1.82) is 0 Å². The highest BCUT2D eigenvalue weighted by molar-refractivity contribution is 9.10. The van der Waals surface area contributed by atoms with E-state index in [2.05, 4.69) is 21.2 Å². The third-order valence-corrected chi connectivity index (χ3v) is 3.56. The molecule has 0 unspecified atom stereocenters. The zero-order chi connectivity index (χ0) is 12.4. The standard InChI is InChI=1S/C12H14BrNO3/c1-17-9-2-3-11(13)10(6-9)12(16)14-7-4-8(15)5-7/h2-3,6-8,15H,4-5H2,1H3,(H,14,16). The van der Waals surface area contributed by atoms with Crippen LogP contribution in [0.2, 0.25) is 0 Å². The fraction of sp³-hybridized carbons (Fsp3) is 0.417. The van der Waals surface area contributed by atoms with Gasteiger partial charge in [0.1, 0.15) is 5.75 Å². The van der Waals surface area contributed by atoms with Gasteiger partial charge in [0, 0.05) is 10.5 Å². The van der Waals surface area contributed by atoms with Crippen molar-refractivity contribution < 1.29 is 14.6 Å². The summed E-state index contributed by atoms with van der Waals surface area (Å²) < 4.78 is 5.81. The molecule has 0 saturated heterocycles. The molecule has 1 saturated carbocycles. The maximum Gasteiger partial charge on any atom is 0.252 e. The molecule has 0 radical (unpaired) electrons. The number of aliphatic hydroxyl groups is 1. The molecule has 2 N–H and O–H groups in total. The van der Waals surface area contributed by atoms with Gasteiger partial charge in [-0.2, -0.15) is 0 Å². The van der Waals surface area contributed by atoms with Gasteiger partial charge in [-0.1, -0.05) is 0 Å². The van der Waals surface area contributed by atoms with Crippen molar-refractivity contribution in [1.82, 2.24) is 5.32 Å². The third-order valence-electron chi connectivity index (χ3n) is 2.87. The van der Waals surface area contributed by atoms with Gasteiger partial charge in [0.15, 0.2) is 0 Å². The van der Waals surface area contributed by atoms with Gasteiger partial charge < -0.3 is 15.2 Å². The Balaban J connectivity index is 2.07. The van der Waals surface area contributed by atoms with Crippen molar-refractivity contribution in [3.63, 3.8) is 0 Å². The molecule has 1 amide bonds. The van der Waals surface area contributed by atoms with Crippen molar-refractivity contribution in [2.75, 3.05) is 7.11 Å². The number of halogens is 1. The maximum absolute atomic E-state index is 12.0. The molecule has 17 heavy (non-hydrogen) atoms. The fourth-order valence-electron chi connectivity index (χ4n) is 1.77. The van der Waals surface area contributed by atoms with E-state index in [1.54, 1.807) is 25.3 Å². The van der Waals surface area contributed by atoms with Crippen molar-refractivity contribution in [2.24, 2.45) is 0 Å². The van der Waals surface area contributed by atoms with Crippen LogP contribution in [0.4, 0.5) is 0 Å². The van der Waals surface area contributed by atoms with Crippen LogP contribution in [0, 0.1) is 0 Å². The first kappa shape index (κ1) is 12.4. The van der Waals surface area contributed by atoms with E-state index >= 15 is 0 Å². The number of aliphatic hydroxyl groups excluding tert-OH is 1. The Bertz CT molecular complexity index is 430. The molecule has 0 heterocycles.